The zero-order chi connectivity index (χ0) is 27.8. The average Bonchev–Trinajstić information content (AvgIpc) is 3.29. The minimum absolute atomic E-state index is 0.0211. The molecule has 1 aliphatic carbocycles. The Balaban J connectivity index is 1.27. The lowest BCUT2D eigenvalue weighted by Gasteiger charge is -2.27. The molecule has 40 heavy (non-hydrogen) atoms. The van der Waals surface area contributed by atoms with Gasteiger partial charge in [0.15, 0.2) is 0 Å². The van der Waals surface area contributed by atoms with Crippen LogP contribution in [-0.4, -0.2) is 48.3 Å². The number of fused-ring (bicyclic) bond motifs is 4. The lowest BCUT2D eigenvalue weighted by molar-refractivity contribution is -0.138. The van der Waals surface area contributed by atoms with Crippen LogP contribution in [0.2, 0.25) is 0 Å². The molecule has 3 N–H and O–H groups in total. The maximum absolute atomic E-state index is 14.1. The molecule has 2 fully saturated rings. The Bertz CT molecular complexity index is 1830. The molecule has 11 heteroatoms. The first-order valence-electron chi connectivity index (χ1n) is 13.0. The normalized spacial score (nSPS) is 21.6. The predicted octanol–water partition coefficient (Wildman–Crippen LogP) is 4.91. The number of carbonyl (C=O) groups is 2. The first-order valence-corrected chi connectivity index (χ1v) is 13.8. The maximum atomic E-state index is 14.1. The van der Waals surface area contributed by atoms with E-state index in [0.717, 1.165) is 34.0 Å². The lowest BCUT2D eigenvalue weighted by atomic mass is 10.0. The molecular formula is C29H26BrN7O3. The summed E-state index contributed by atoms with van der Waals surface area (Å²) < 4.78 is 7.83. The SMILES string of the molecule is Cc1cc(-c2ccoc2)cc2c3c(N)ncnc3n(CC(=O)N3[C@H](C(=O)Nc4cccc(Br)n4)C[C@@]4(C)C[C@@H]34)c12. The molecule has 202 valence electrons. The molecule has 7 rings (SSSR count). The molecule has 1 aliphatic heterocycles. The van der Waals surface area contributed by atoms with Crippen LogP contribution >= 0.6 is 15.9 Å². The van der Waals surface area contributed by atoms with E-state index in [1.165, 1.54) is 6.33 Å². The Labute approximate surface area is 237 Å². The van der Waals surface area contributed by atoms with Crippen LogP contribution in [0.25, 0.3) is 33.1 Å². The average molecular weight is 600 g/mol. The predicted molar refractivity (Wildman–Crippen MR) is 154 cm³/mol. The van der Waals surface area contributed by atoms with Crippen molar-refractivity contribution in [3.05, 3.63) is 65.4 Å². The van der Waals surface area contributed by atoms with Crippen LogP contribution < -0.4 is 11.1 Å². The van der Waals surface area contributed by atoms with Gasteiger partial charge in [0.2, 0.25) is 11.8 Å². The summed E-state index contributed by atoms with van der Waals surface area (Å²) in [6.45, 7) is 4.16. The van der Waals surface area contributed by atoms with Crippen molar-refractivity contribution in [1.29, 1.82) is 0 Å². The number of aromatic nitrogens is 4. The summed E-state index contributed by atoms with van der Waals surface area (Å²) >= 11 is 3.34. The molecule has 5 heterocycles. The quantitative estimate of drug-likeness (QED) is 0.274. The van der Waals surface area contributed by atoms with Gasteiger partial charge in [0.25, 0.3) is 0 Å². The van der Waals surface area contributed by atoms with E-state index in [1.54, 1.807) is 35.6 Å². The highest BCUT2D eigenvalue weighted by molar-refractivity contribution is 9.10. The van der Waals surface area contributed by atoms with E-state index in [9.17, 15) is 9.59 Å². The van der Waals surface area contributed by atoms with Crippen LogP contribution in [0.15, 0.2) is 64.3 Å². The topological polar surface area (TPSA) is 132 Å². The van der Waals surface area contributed by atoms with Gasteiger partial charge in [0.1, 0.15) is 40.8 Å². The molecule has 2 aliphatic rings. The Morgan fingerprint density at radius 1 is 1.20 bits per heavy atom. The van der Waals surface area contributed by atoms with Crippen LogP contribution in [-0.2, 0) is 16.1 Å². The van der Waals surface area contributed by atoms with E-state index in [2.05, 4.69) is 49.2 Å². The van der Waals surface area contributed by atoms with E-state index in [0.29, 0.717) is 33.7 Å². The molecule has 4 aromatic heterocycles. The number of carbonyl (C=O) groups excluding carboxylic acids is 2. The summed E-state index contributed by atoms with van der Waals surface area (Å²) in [6.07, 6.45) is 6.23. The van der Waals surface area contributed by atoms with E-state index < -0.39 is 6.04 Å². The Kier molecular flexibility index (Phi) is 5.50. The maximum Gasteiger partial charge on any atom is 0.248 e. The number of benzene rings is 1. The highest BCUT2D eigenvalue weighted by atomic mass is 79.9. The third-order valence-electron chi connectivity index (χ3n) is 8.29. The van der Waals surface area contributed by atoms with Crippen molar-refractivity contribution in [2.75, 3.05) is 11.1 Å². The lowest BCUT2D eigenvalue weighted by Crippen LogP contribution is -2.46. The number of nitrogens with one attached hydrogen (secondary N) is 1. The van der Waals surface area contributed by atoms with Crippen LogP contribution in [0.1, 0.15) is 25.3 Å². The Hall–Kier alpha value is -4.25. The number of halogens is 1. The standard InChI is InChI=1S/C29H26BrN7O3/c1-15-8-17(16-6-7-40-13-16)9-18-24-26(31)32-14-33-27(24)36(25(15)18)12-23(38)37-19(10-29(2)11-20(29)37)28(39)35-22-5-3-4-21(30)34-22/h3-9,13-14,19-20H,10-12H2,1-2H3,(H2,31,32,33)(H,34,35,39)/t19-,20+,29-/m0/s1. The Morgan fingerprint density at radius 2 is 2.05 bits per heavy atom. The van der Waals surface area contributed by atoms with Gasteiger partial charge in [-0.15, -0.1) is 0 Å². The second-order valence-corrected chi connectivity index (χ2v) is 11.8. The molecule has 0 radical (unpaired) electrons. The smallest absolute Gasteiger partial charge is 0.248 e. The number of amides is 2. The fraction of sp³-hybridized carbons (Fsp3) is 0.276. The number of nitrogen functional groups attached to an aromatic ring is 1. The number of pyridine rings is 1. The highest BCUT2D eigenvalue weighted by Gasteiger charge is 2.64. The number of nitrogens with two attached hydrogens (primary N) is 1. The number of piperidine rings is 1. The molecule has 1 aromatic carbocycles. The van der Waals surface area contributed by atoms with Gasteiger partial charge >= 0.3 is 0 Å². The van der Waals surface area contributed by atoms with E-state index in [1.807, 2.05) is 23.6 Å². The van der Waals surface area contributed by atoms with Gasteiger partial charge in [-0.2, -0.15) is 0 Å². The number of likely N-dealkylation sites (tertiary alicyclic amines) is 1. The van der Waals surface area contributed by atoms with Gasteiger partial charge in [-0.1, -0.05) is 13.0 Å². The van der Waals surface area contributed by atoms with Crippen molar-refractivity contribution < 1.29 is 14.0 Å². The molecule has 0 spiro atoms. The van der Waals surface area contributed by atoms with Gasteiger partial charge in [-0.3, -0.25) is 9.59 Å². The molecule has 2 amide bonds. The molecule has 10 nitrogen and oxygen atoms in total. The van der Waals surface area contributed by atoms with E-state index in [4.69, 9.17) is 10.2 Å². The molecule has 5 aromatic rings. The first-order chi connectivity index (χ1) is 19.2. The molecular weight excluding hydrogens is 574 g/mol. The second kappa shape index (κ2) is 8.88. The van der Waals surface area contributed by atoms with E-state index in [-0.39, 0.29) is 29.8 Å². The fourth-order valence-electron chi connectivity index (χ4n) is 6.30. The van der Waals surface area contributed by atoms with Gasteiger partial charge in [0, 0.05) is 17.0 Å². The van der Waals surface area contributed by atoms with Crippen molar-refractivity contribution in [1.82, 2.24) is 24.4 Å². The minimum Gasteiger partial charge on any atom is -0.472 e. The summed E-state index contributed by atoms with van der Waals surface area (Å²) in [5.74, 6) is 0.417. The number of rotatable bonds is 5. The molecule has 3 atom stereocenters. The van der Waals surface area contributed by atoms with Crippen molar-refractivity contribution in [3.63, 3.8) is 0 Å². The van der Waals surface area contributed by atoms with Crippen molar-refractivity contribution in [3.8, 4) is 11.1 Å². The largest absolute Gasteiger partial charge is 0.472 e. The van der Waals surface area contributed by atoms with Crippen LogP contribution in [0.4, 0.5) is 11.6 Å². The Morgan fingerprint density at radius 3 is 2.83 bits per heavy atom. The number of aryl methyl sites for hydroxylation is 1. The third-order valence-corrected chi connectivity index (χ3v) is 8.73. The van der Waals surface area contributed by atoms with E-state index >= 15 is 0 Å². The molecule has 1 saturated carbocycles. The van der Waals surface area contributed by atoms with Crippen LogP contribution in [0.5, 0.6) is 0 Å². The zero-order valence-corrected chi connectivity index (χ0v) is 23.5. The van der Waals surface area contributed by atoms with Gasteiger partial charge in [0.05, 0.1) is 23.4 Å². The zero-order valence-electron chi connectivity index (χ0n) is 21.9. The summed E-state index contributed by atoms with van der Waals surface area (Å²) in [7, 11) is 0. The third kappa shape index (κ3) is 3.87. The molecule has 0 unspecified atom stereocenters. The number of hydrogen-bond donors (Lipinski definition) is 2. The minimum atomic E-state index is -0.585. The summed E-state index contributed by atoms with van der Waals surface area (Å²) in [4.78, 5) is 42.3. The van der Waals surface area contributed by atoms with Crippen molar-refractivity contribution >= 4 is 61.3 Å². The number of hydrogen-bond acceptors (Lipinski definition) is 7. The first kappa shape index (κ1) is 24.8. The van der Waals surface area contributed by atoms with Crippen molar-refractivity contribution in [2.24, 2.45) is 5.41 Å². The van der Waals surface area contributed by atoms with Crippen LogP contribution in [0.3, 0.4) is 0 Å². The van der Waals surface area contributed by atoms with Gasteiger partial charge in [-0.25, -0.2) is 15.0 Å². The van der Waals surface area contributed by atoms with Gasteiger partial charge in [-0.05, 0) is 82.6 Å². The monoisotopic (exact) mass is 599 g/mol. The summed E-state index contributed by atoms with van der Waals surface area (Å²) in [6, 6.07) is 10.8. The summed E-state index contributed by atoms with van der Waals surface area (Å²) in [5.41, 5.74) is 10.6. The highest BCUT2D eigenvalue weighted by Crippen LogP contribution is 2.59. The molecule has 1 saturated heterocycles. The molecule has 0 bridgehead atoms. The van der Waals surface area contributed by atoms with Gasteiger partial charge < -0.3 is 24.9 Å². The number of anilines is 2. The number of furan rings is 1. The summed E-state index contributed by atoms with van der Waals surface area (Å²) in [5, 5.41) is 4.46. The fourth-order valence-corrected chi connectivity index (χ4v) is 6.64. The van der Waals surface area contributed by atoms with Crippen LogP contribution in [0, 0.1) is 12.3 Å². The number of nitrogens with zero attached hydrogens (tertiary/aromatic N) is 5. The van der Waals surface area contributed by atoms with Crippen molar-refractivity contribution in [2.45, 2.75) is 45.3 Å². The second-order valence-electron chi connectivity index (χ2n) is 11.0.